The third-order valence-corrected chi connectivity index (χ3v) is 7.19. The van der Waals surface area contributed by atoms with Gasteiger partial charge in [-0.05, 0) is 46.6 Å². The summed E-state index contributed by atoms with van der Waals surface area (Å²) in [5, 5.41) is 3.58. The molecule has 1 fully saturated rings. The van der Waals surface area contributed by atoms with Crippen LogP contribution in [0.2, 0.25) is 5.15 Å². The van der Waals surface area contributed by atoms with Crippen LogP contribution in [-0.4, -0.2) is 69.4 Å². The van der Waals surface area contributed by atoms with Gasteiger partial charge in [0.05, 0.1) is 11.4 Å². The zero-order valence-electron chi connectivity index (χ0n) is 22.5. The van der Waals surface area contributed by atoms with E-state index in [1.165, 1.54) is 10.6 Å². The fraction of sp³-hybridized carbons (Fsp3) is 0.615. The Morgan fingerprint density at radius 1 is 1.27 bits per heavy atom. The van der Waals surface area contributed by atoms with Gasteiger partial charge in [-0.25, -0.2) is 19.0 Å². The molecule has 2 aliphatic heterocycles. The lowest BCUT2D eigenvalue weighted by Crippen LogP contribution is -2.55. The number of aromatic nitrogens is 3. The van der Waals surface area contributed by atoms with E-state index >= 15 is 0 Å². The van der Waals surface area contributed by atoms with Crippen molar-refractivity contribution >= 4 is 34.5 Å². The Morgan fingerprint density at radius 3 is 2.59 bits per heavy atom. The van der Waals surface area contributed by atoms with Crippen LogP contribution >= 0.6 is 11.6 Å². The molecule has 4 heterocycles. The van der Waals surface area contributed by atoms with E-state index in [1.807, 2.05) is 45.6 Å². The van der Waals surface area contributed by atoms with Gasteiger partial charge in [0.25, 0.3) is 0 Å². The number of nitrogens with zero attached hydrogens (tertiary/aromatic N) is 5. The second-order valence-electron chi connectivity index (χ2n) is 11.3. The summed E-state index contributed by atoms with van der Waals surface area (Å²) < 4.78 is 21.8. The Morgan fingerprint density at radius 2 is 1.97 bits per heavy atom. The average Bonchev–Trinajstić information content (AvgIpc) is 2.79. The van der Waals surface area contributed by atoms with Gasteiger partial charge in [-0.3, -0.25) is 4.57 Å². The van der Waals surface area contributed by atoms with Crippen LogP contribution in [0.25, 0.3) is 11.0 Å². The van der Waals surface area contributed by atoms with Gasteiger partial charge in [0.15, 0.2) is 11.0 Å². The molecular weight excluding hydrogens is 499 g/mol. The summed E-state index contributed by atoms with van der Waals surface area (Å²) in [5.41, 5.74) is 0.218. The molecular formula is C26H36ClFN6O3. The number of piperazine rings is 1. The Bertz CT molecular complexity index is 1290. The molecule has 9 nitrogen and oxygen atoms in total. The monoisotopic (exact) mass is 534 g/mol. The summed E-state index contributed by atoms with van der Waals surface area (Å²) in [6.45, 7) is 15.4. The second kappa shape index (κ2) is 10.2. The van der Waals surface area contributed by atoms with Crippen LogP contribution in [0.5, 0.6) is 0 Å². The molecule has 0 bridgehead atoms. The van der Waals surface area contributed by atoms with Crippen LogP contribution in [0, 0.1) is 11.7 Å². The molecule has 0 unspecified atom stereocenters. The highest BCUT2D eigenvalue weighted by atomic mass is 35.5. The topological polar surface area (TPSA) is 92.6 Å². The fourth-order valence-electron chi connectivity index (χ4n) is 5.17. The van der Waals surface area contributed by atoms with Crippen LogP contribution in [0.15, 0.2) is 22.5 Å². The first-order valence-electron chi connectivity index (χ1n) is 12.7. The zero-order valence-corrected chi connectivity index (χ0v) is 23.3. The molecule has 1 N–H and O–H groups in total. The number of halogens is 2. The molecule has 0 saturated carbocycles. The van der Waals surface area contributed by atoms with Crippen molar-refractivity contribution in [3.8, 4) is 0 Å². The van der Waals surface area contributed by atoms with Gasteiger partial charge in [-0.15, -0.1) is 0 Å². The maximum absolute atomic E-state index is 14.8. The molecule has 1 amide bonds. The van der Waals surface area contributed by atoms with Gasteiger partial charge in [-0.1, -0.05) is 37.1 Å². The van der Waals surface area contributed by atoms with Crippen LogP contribution in [0.1, 0.15) is 54.5 Å². The maximum Gasteiger partial charge on any atom is 0.410 e. The number of amides is 1. The number of carbonyl (C=O) groups is 1. The van der Waals surface area contributed by atoms with Crippen molar-refractivity contribution in [2.45, 2.75) is 72.2 Å². The zero-order chi connectivity index (χ0) is 27.2. The number of anilines is 1. The molecule has 2 aromatic rings. The van der Waals surface area contributed by atoms with Crippen molar-refractivity contribution in [3.05, 3.63) is 39.2 Å². The van der Waals surface area contributed by atoms with Crippen molar-refractivity contribution in [3.63, 3.8) is 0 Å². The number of carbonyl (C=O) groups excluding carboxylic acids is 1. The largest absolute Gasteiger partial charge is 0.444 e. The molecule has 11 heteroatoms. The number of fused-ring (bicyclic) bond motifs is 1. The summed E-state index contributed by atoms with van der Waals surface area (Å²) in [5.74, 6) is -0.133. The Kier molecular flexibility index (Phi) is 7.54. The fourth-order valence-corrected chi connectivity index (χ4v) is 5.31. The molecule has 2 aromatic heterocycles. The first-order valence-corrected chi connectivity index (χ1v) is 13.1. The van der Waals surface area contributed by atoms with Gasteiger partial charge in [-0.2, -0.15) is 4.98 Å². The van der Waals surface area contributed by atoms with Gasteiger partial charge >= 0.3 is 11.8 Å². The minimum Gasteiger partial charge on any atom is -0.444 e. The van der Waals surface area contributed by atoms with E-state index in [2.05, 4.69) is 29.1 Å². The highest BCUT2D eigenvalue weighted by Gasteiger charge is 2.35. The summed E-state index contributed by atoms with van der Waals surface area (Å²) >= 11 is 6.14. The van der Waals surface area contributed by atoms with Crippen molar-refractivity contribution in [2.24, 2.45) is 5.92 Å². The van der Waals surface area contributed by atoms with E-state index in [-0.39, 0.29) is 34.8 Å². The summed E-state index contributed by atoms with van der Waals surface area (Å²) in [4.78, 5) is 38.7. The molecule has 1 saturated heterocycles. The molecule has 0 radical (unpaired) electrons. The number of hydrogen-bond donors (Lipinski definition) is 1. The number of ether oxygens (including phenoxy) is 1. The molecule has 0 spiro atoms. The maximum atomic E-state index is 14.8. The molecule has 4 rings (SSSR count). The van der Waals surface area contributed by atoms with Crippen LogP contribution in [0.4, 0.5) is 15.0 Å². The average molecular weight is 535 g/mol. The van der Waals surface area contributed by atoms with Crippen LogP contribution in [0.3, 0.4) is 0 Å². The van der Waals surface area contributed by atoms with E-state index in [0.717, 1.165) is 5.57 Å². The minimum atomic E-state index is -0.683. The van der Waals surface area contributed by atoms with E-state index in [1.54, 1.807) is 4.90 Å². The molecule has 2 aliphatic rings. The highest BCUT2D eigenvalue weighted by molar-refractivity contribution is 6.30. The summed E-state index contributed by atoms with van der Waals surface area (Å²) in [6, 6.07) is 0.712. The lowest BCUT2D eigenvalue weighted by Gasteiger charge is -2.41. The number of hydrogen-bond acceptors (Lipinski definition) is 7. The van der Waals surface area contributed by atoms with Crippen LogP contribution in [-0.2, 0) is 4.74 Å². The number of nitrogens with one attached hydrogen (secondary N) is 1. The first-order chi connectivity index (χ1) is 17.3. The standard InChI is InChI=1S/C26H36ClFN6O3/c1-14(2)19-20(15(3)8-9-29-19)34-23-17(12-18(28)21(27)30-23)22(31-24(34)35)33-11-10-32(13-16(33)4)25(36)37-26(5,6)7/h8,12,14,16,19-20,29H,9-11,13H2,1-7H3/t16-,19-,20-/m0/s1. The van der Waals surface area contributed by atoms with E-state index in [9.17, 15) is 14.0 Å². The number of pyridine rings is 1. The lowest BCUT2D eigenvalue weighted by molar-refractivity contribution is 0.0218. The Labute approximate surface area is 221 Å². The lowest BCUT2D eigenvalue weighted by atomic mass is 9.88. The predicted octanol–water partition coefficient (Wildman–Crippen LogP) is 4.14. The van der Waals surface area contributed by atoms with E-state index < -0.39 is 23.2 Å². The molecule has 3 atom stereocenters. The van der Waals surface area contributed by atoms with E-state index in [0.29, 0.717) is 37.4 Å². The molecule has 37 heavy (non-hydrogen) atoms. The van der Waals surface area contributed by atoms with Crippen molar-refractivity contribution < 1.29 is 13.9 Å². The first kappa shape index (κ1) is 27.3. The smallest absolute Gasteiger partial charge is 0.410 e. The quantitative estimate of drug-likeness (QED) is 0.467. The molecule has 0 aliphatic carbocycles. The SMILES string of the molecule is CC1=CCN[C@@H](C(C)C)[C@H]1n1c(=O)nc(N2CCN(C(=O)OC(C)(C)C)C[C@@H]2C)c2cc(F)c(Cl)nc21. The third kappa shape index (κ3) is 5.45. The normalized spacial score (nSPS) is 23.0. The van der Waals surface area contributed by atoms with Crippen molar-refractivity contribution in [2.75, 3.05) is 31.1 Å². The van der Waals surface area contributed by atoms with E-state index in [4.69, 9.17) is 16.3 Å². The molecule has 202 valence electrons. The van der Waals surface area contributed by atoms with Gasteiger partial charge in [0.1, 0.15) is 17.1 Å². The van der Waals surface area contributed by atoms with Crippen molar-refractivity contribution in [1.29, 1.82) is 0 Å². The third-order valence-electron chi connectivity index (χ3n) is 6.92. The summed E-state index contributed by atoms with van der Waals surface area (Å²) in [7, 11) is 0. The van der Waals surface area contributed by atoms with Crippen LogP contribution < -0.4 is 15.9 Å². The molecule has 0 aromatic carbocycles. The van der Waals surface area contributed by atoms with Crippen molar-refractivity contribution in [1.82, 2.24) is 24.8 Å². The minimum absolute atomic E-state index is 0.0412. The Hall–Kier alpha value is -2.72. The van der Waals surface area contributed by atoms with Gasteiger partial charge < -0.3 is 19.9 Å². The predicted molar refractivity (Wildman–Crippen MR) is 143 cm³/mol. The second-order valence-corrected chi connectivity index (χ2v) is 11.6. The Balaban J connectivity index is 1.79. The van der Waals surface area contributed by atoms with Gasteiger partial charge in [0, 0.05) is 38.3 Å². The van der Waals surface area contributed by atoms with Gasteiger partial charge in [0.2, 0.25) is 0 Å². The summed E-state index contributed by atoms with van der Waals surface area (Å²) in [6.07, 6.45) is 1.65. The number of rotatable bonds is 3. The highest BCUT2D eigenvalue weighted by Crippen LogP contribution is 2.34.